The second-order valence-electron chi connectivity index (χ2n) is 6.64. The second-order valence-corrected chi connectivity index (χ2v) is 7.89. The summed E-state index contributed by atoms with van der Waals surface area (Å²) in [6.07, 6.45) is 2.51. The number of nitrogens with zero attached hydrogens (tertiary/aromatic N) is 3. The SMILES string of the molecule is N#Cc1nc(-c2ccco2)oc1N1CCC(C(=O)Oc2c(Cl)cc(Cl)cc2Cl)CC1. The molecule has 0 saturated carbocycles. The van der Waals surface area contributed by atoms with Crippen LogP contribution in [0.3, 0.4) is 0 Å². The Morgan fingerprint density at radius 1 is 1.23 bits per heavy atom. The number of halogens is 3. The summed E-state index contributed by atoms with van der Waals surface area (Å²) in [7, 11) is 0. The maximum absolute atomic E-state index is 12.6. The van der Waals surface area contributed by atoms with Crippen LogP contribution in [0, 0.1) is 17.2 Å². The van der Waals surface area contributed by atoms with Gasteiger partial charge in [-0.3, -0.25) is 4.79 Å². The lowest BCUT2D eigenvalue weighted by Crippen LogP contribution is -2.37. The van der Waals surface area contributed by atoms with Crippen molar-refractivity contribution in [1.29, 1.82) is 5.26 Å². The van der Waals surface area contributed by atoms with Gasteiger partial charge in [0.1, 0.15) is 6.07 Å². The average molecular weight is 467 g/mol. The Morgan fingerprint density at radius 2 is 1.93 bits per heavy atom. The van der Waals surface area contributed by atoms with Crippen molar-refractivity contribution in [1.82, 2.24) is 4.98 Å². The molecule has 1 saturated heterocycles. The van der Waals surface area contributed by atoms with E-state index in [-0.39, 0.29) is 33.3 Å². The molecule has 0 amide bonds. The zero-order chi connectivity index (χ0) is 21.3. The number of rotatable bonds is 4. The Balaban J connectivity index is 1.43. The highest BCUT2D eigenvalue weighted by molar-refractivity contribution is 6.40. The summed E-state index contributed by atoms with van der Waals surface area (Å²) < 4.78 is 16.5. The van der Waals surface area contributed by atoms with Gasteiger partial charge in [-0.25, -0.2) is 0 Å². The average Bonchev–Trinajstić information content (AvgIpc) is 3.40. The van der Waals surface area contributed by atoms with Gasteiger partial charge in [0.15, 0.2) is 11.5 Å². The molecule has 0 radical (unpaired) electrons. The van der Waals surface area contributed by atoms with E-state index < -0.39 is 5.97 Å². The van der Waals surface area contributed by atoms with Crippen molar-refractivity contribution in [3.63, 3.8) is 0 Å². The Bertz CT molecular complexity index is 1090. The minimum absolute atomic E-state index is 0.0975. The monoisotopic (exact) mass is 465 g/mol. The molecule has 3 aromatic rings. The van der Waals surface area contributed by atoms with Crippen LogP contribution in [-0.4, -0.2) is 24.0 Å². The van der Waals surface area contributed by atoms with Crippen LogP contribution >= 0.6 is 34.8 Å². The molecule has 1 aliphatic rings. The molecule has 3 heterocycles. The van der Waals surface area contributed by atoms with E-state index in [1.807, 2.05) is 11.0 Å². The first kappa shape index (κ1) is 20.6. The van der Waals surface area contributed by atoms with E-state index in [2.05, 4.69) is 4.98 Å². The summed E-state index contributed by atoms with van der Waals surface area (Å²) in [4.78, 5) is 18.7. The predicted octanol–water partition coefficient (Wildman–Crippen LogP) is 5.59. The van der Waals surface area contributed by atoms with E-state index >= 15 is 0 Å². The number of piperidine rings is 1. The number of oxazole rings is 1. The van der Waals surface area contributed by atoms with E-state index in [1.165, 1.54) is 18.4 Å². The number of benzene rings is 1. The molecule has 0 unspecified atom stereocenters. The van der Waals surface area contributed by atoms with Gasteiger partial charge in [0.25, 0.3) is 5.89 Å². The smallest absolute Gasteiger partial charge is 0.314 e. The molecule has 0 atom stereocenters. The van der Waals surface area contributed by atoms with Crippen molar-refractivity contribution in [2.45, 2.75) is 12.8 Å². The highest BCUT2D eigenvalue weighted by atomic mass is 35.5. The number of carbonyl (C=O) groups is 1. The van der Waals surface area contributed by atoms with E-state index in [1.54, 1.807) is 12.1 Å². The lowest BCUT2D eigenvalue weighted by molar-refractivity contribution is -0.139. The molecule has 2 aromatic heterocycles. The quantitative estimate of drug-likeness (QED) is 0.365. The van der Waals surface area contributed by atoms with E-state index in [0.717, 1.165) is 0 Å². The standard InChI is InChI=1S/C20H14Cl3N3O4/c21-12-8-13(22)17(14(23)9-12)29-20(27)11-3-5-26(6-4-11)19-15(10-24)25-18(30-19)16-2-1-7-28-16/h1-2,7-9,11H,3-6H2. The number of esters is 1. The summed E-state index contributed by atoms with van der Waals surface area (Å²) in [5.74, 6) is 0.366. The van der Waals surface area contributed by atoms with Crippen LogP contribution < -0.4 is 9.64 Å². The lowest BCUT2D eigenvalue weighted by Gasteiger charge is -2.30. The minimum atomic E-state index is -0.421. The van der Waals surface area contributed by atoms with E-state index in [4.69, 9.17) is 48.4 Å². The molecule has 7 nitrogen and oxygen atoms in total. The molecule has 1 aliphatic heterocycles. The van der Waals surface area contributed by atoms with Crippen LogP contribution in [0.5, 0.6) is 5.75 Å². The Morgan fingerprint density at radius 3 is 2.53 bits per heavy atom. The van der Waals surface area contributed by atoms with Crippen molar-refractivity contribution in [2.75, 3.05) is 18.0 Å². The summed E-state index contributed by atoms with van der Waals surface area (Å²) in [5.41, 5.74) is 0.169. The number of aromatic nitrogens is 1. The third kappa shape index (κ3) is 4.12. The fraction of sp³-hybridized carbons (Fsp3) is 0.250. The maximum atomic E-state index is 12.6. The first-order chi connectivity index (χ1) is 14.5. The van der Waals surface area contributed by atoms with Crippen LogP contribution in [0.15, 0.2) is 39.4 Å². The number of nitriles is 1. The Hall–Kier alpha value is -2.66. The molecule has 0 bridgehead atoms. The molecule has 0 N–H and O–H groups in total. The summed E-state index contributed by atoms with van der Waals surface area (Å²) in [5, 5.41) is 10.1. The van der Waals surface area contributed by atoms with Crippen LogP contribution in [0.2, 0.25) is 15.1 Å². The van der Waals surface area contributed by atoms with Crippen molar-refractivity contribution in [3.8, 4) is 23.5 Å². The van der Waals surface area contributed by atoms with Gasteiger partial charge in [0.05, 0.1) is 22.2 Å². The fourth-order valence-electron chi connectivity index (χ4n) is 3.23. The van der Waals surface area contributed by atoms with Gasteiger partial charge < -0.3 is 18.5 Å². The number of hydrogen-bond acceptors (Lipinski definition) is 7. The first-order valence-corrected chi connectivity index (χ1v) is 10.2. The normalized spacial score (nSPS) is 14.5. The van der Waals surface area contributed by atoms with Gasteiger partial charge in [-0.15, -0.1) is 0 Å². The van der Waals surface area contributed by atoms with Gasteiger partial charge in [-0.2, -0.15) is 10.2 Å². The first-order valence-electron chi connectivity index (χ1n) is 9.02. The highest BCUT2D eigenvalue weighted by Crippen LogP contribution is 2.37. The van der Waals surface area contributed by atoms with Gasteiger partial charge in [0, 0.05) is 18.1 Å². The number of carbonyl (C=O) groups excluding carboxylic acids is 1. The topological polar surface area (TPSA) is 92.5 Å². The molecular weight excluding hydrogens is 453 g/mol. The van der Waals surface area contributed by atoms with Gasteiger partial charge in [-0.05, 0) is 37.1 Å². The van der Waals surface area contributed by atoms with Crippen LogP contribution in [0.25, 0.3) is 11.7 Å². The minimum Gasteiger partial charge on any atom is -0.459 e. The van der Waals surface area contributed by atoms with Crippen molar-refractivity contribution in [2.24, 2.45) is 5.92 Å². The molecule has 0 aliphatic carbocycles. The zero-order valence-electron chi connectivity index (χ0n) is 15.4. The molecule has 154 valence electrons. The molecular formula is C20H14Cl3N3O4. The number of ether oxygens (including phenoxy) is 1. The van der Waals surface area contributed by atoms with Gasteiger partial charge in [0.2, 0.25) is 11.6 Å². The Kier molecular flexibility index (Phi) is 5.91. The summed E-state index contributed by atoms with van der Waals surface area (Å²) in [6.45, 7) is 0.979. The van der Waals surface area contributed by atoms with E-state index in [0.29, 0.717) is 42.6 Å². The molecule has 10 heteroatoms. The predicted molar refractivity (Wildman–Crippen MR) is 111 cm³/mol. The van der Waals surface area contributed by atoms with Gasteiger partial charge in [-0.1, -0.05) is 34.8 Å². The van der Waals surface area contributed by atoms with Gasteiger partial charge >= 0.3 is 5.97 Å². The van der Waals surface area contributed by atoms with Crippen molar-refractivity contribution < 1.29 is 18.4 Å². The van der Waals surface area contributed by atoms with Crippen molar-refractivity contribution in [3.05, 3.63) is 51.3 Å². The molecule has 1 aromatic carbocycles. The highest BCUT2D eigenvalue weighted by Gasteiger charge is 2.31. The fourth-order valence-corrected chi connectivity index (χ4v) is 4.13. The molecule has 30 heavy (non-hydrogen) atoms. The maximum Gasteiger partial charge on any atom is 0.314 e. The molecule has 4 rings (SSSR count). The number of anilines is 1. The molecule has 0 spiro atoms. The number of furan rings is 1. The van der Waals surface area contributed by atoms with Crippen LogP contribution in [0.4, 0.5) is 5.88 Å². The summed E-state index contributed by atoms with van der Waals surface area (Å²) in [6, 6.07) is 8.37. The lowest BCUT2D eigenvalue weighted by atomic mass is 9.97. The van der Waals surface area contributed by atoms with Crippen LogP contribution in [0.1, 0.15) is 18.5 Å². The molecule has 1 fully saturated rings. The number of hydrogen-bond donors (Lipinski definition) is 0. The van der Waals surface area contributed by atoms with Crippen LogP contribution in [-0.2, 0) is 4.79 Å². The van der Waals surface area contributed by atoms with E-state index in [9.17, 15) is 10.1 Å². The van der Waals surface area contributed by atoms with Crippen molar-refractivity contribution >= 4 is 46.7 Å². The third-order valence-corrected chi connectivity index (χ3v) is 5.51. The second kappa shape index (κ2) is 8.60. The summed E-state index contributed by atoms with van der Waals surface area (Å²) >= 11 is 18.1. The Labute approximate surface area is 186 Å². The third-order valence-electron chi connectivity index (χ3n) is 4.73. The zero-order valence-corrected chi connectivity index (χ0v) is 17.7. The largest absolute Gasteiger partial charge is 0.459 e.